The average Bonchev–Trinajstić information content (AvgIpc) is 2.24. The van der Waals surface area contributed by atoms with Gasteiger partial charge in [-0.05, 0) is 28.0 Å². The van der Waals surface area contributed by atoms with Crippen molar-refractivity contribution in [2.45, 2.75) is 52.4 Å². The van der Waals surface area contributed by atoms with Crippen LogP contribution in [0.1, 0.15) is 58.2 Å². The normalized spacial score (nSPS) is 11.8. The van der Waals surface area contributed by atoms with E-state index in [0.29, 0.717) is 11.3 Å². The van der Waals surface area contributed by atoms with Crippen molar-refractivity contribution in [2.75, 3.05) is 0 Å². The zero-order chi connectivity index (χ0) is 14.1. The van der Waals surface area contributed by atoms with Gasteiger partial charge in [-0.15, -0.1) is 0 Å². The summed E-state index contributed by atoms with van der Waals surface area (Å²) >= 11 is 0. The molecule has 1 aromatic carbocycles. The lowest BCUT2D eigenvalue weighted by Gasteiger charge is -2.27. The minimum Gasteiger partial charge on any atom is -0.238 e. The molecule has 0 unspecified atom stereocenters. The van der Waals surface area contributed by atoms with Crippen LogP contribution in [0.4, 0.5) is 5.69 Å². The molecule has 0 amide bonds. The molecule has 0 bridgehead atoms. The third kappa shape index (κ3) is 2.71. The molecule has 0 aromatic heterocycles. The number of nitrogens with zero attached hydrogens (tertiary/aromatic N) is 2. The van der Waals surface area contributed by atoms with Crippen molar-refractivity contribution in [3.8, 4) is 6.07 Å². The number of hydrogen-bond donors (Lipinski definition) is 0. The van der Waals surface area contributed by atoms with Crippen LogP contribution in [0.3, 0.4) is 0 Å². The van der Waals surface area contributed by atoms with E-state index >= 15 is 0 Å². The maximum atomic E-state index is 9.24. The lowest BCUT2D eigenvalue weighted by Crippen LogP contribution is -2.17. The summed E-state index contributed by atoms with van der Waals surface area (Å²) in [4.78, 5) is 3.57. The molecule has 0 aliphatic carbocycles. The average molecular weight is 240 g/mol. The molecule has 18 heavy (non-hydrogen) atoms. The highest BCUT2D eigenvalue weighted by molar-refractivity contribution is 5.62. The minimum absolute atomic E-state index is 0.0894. The second-order valence-electron chi connectivity index (χ2n) is 6.64. The molecule has 2 nitrogen and oxygen atoms in total. The highest BCUT2D eigenvalue weighted by Gasteiger charge is 2.25. The molecule has 94 valence electrons. The molecule has 0 N–H and O–H groups in total. The van der Waals surface area contributed by atoms with Crippen LogP contribution in [-0.2, 0) is 10.8 Å². The van der Waals surface area contributed by atoms with Crippen molar-refractivity contribution in [1.82, 2.24) is 0 Å². The fourth-order valence-corrected chi connectivity index (χ4v) is 1.99. The molecule has 0 saturated carbocycles. The molecule has 0 aliphatic rings. The first kappa shape index (κ1) is 14.3. The Morgan fingerprint density at radius 3 is 1.83 bits per heavy atom. The zero-order valence-corrected chi connectivity index (χ0v) is 12.0. The van der Waals surface area contributed by atoms with Crippen molar-refractivity contribution in [2.24, 2.45) is 0 Å². The third-order valence-corrected chi connectivity index (χ3v) is 2.99. The molecule has 0 radical (unpaired) electrons. The number of benzene rings is 1. The summed E-state index contributed by atoms with van der Waals surface area (Å²) in [7, 11) is 0. The Bertz CT molecular complexity index is 493. The summed E-state index contributed by atoms with van der Waals surface area (Å²) in [6.45, 7) is 19.8. The topological polar surface area (TPSA) is 28.1 Å². The van der Waals surface area contributed by atoms with E-state index in [0.717, 1.165) is 11.1 Å². The predicted molar refractivity (Wildman–Crippen MR) is 74.8 cm³/mol. The van der Waals surface area contributed by atoms with E-state index in [1.807, 2.05) is 6.07 Å². The Labute approximate surface area is 110 Å². The quantitative estimate of drug-likeness (QED) is 0.604. The summed E-state index contributed by atoms with van der Waals surface area (Å²) in [6.07, 6.45) is 0. The molecule has 1 rings (SSSR count). The summed E-state index contributed by atoms with van der Waals surface area (Å²) in [5, 5.41) is 9.24. The second-order valence-corrected chi connectivity index (χ2v) is 6.64. The van der Waals surface area contributed by atoms with Crippen LogP contribution >= 0.6 is 0 Å². The van der Waals surface area contributed by atoms with Crippen molar-refractivity contribution in [3.05, 3.63) is 40.2 Å². The van der Waals surface area contributed by atoms with Gasteiger partial charge in [0, 0.05) is 5.56 Å². The minimum atomic E-state index is -0.0916. The van der Waals surface area contributed by atoms with Gasteiger partial charge in [0.05, 0.1) is 12.6 Å². The van der Waals surface area contributed by atoms with Gasteiger partial charge in [-0.1, -0.05) is 47.6 Å². The first-order valence-electron chi connectivity index (χ1n) is 6.08. The molecule has 0 heterocycles. The van der Waals surface area contributed by atoms with Crippen molar-refractivity contribution < 1.29 is 0 Å². The van der Waals surface area contributed by atoms with E-state index < -0.39 is 0 Å². The maximum Gasteiger partial charge on any atom is 0.192 e. The zero-order valence-electron chi connectivity index (χ0n) is 12.0. The Morgan fingerprint density at radius 2 is 1.50 bits per heavy atom. The second kappa shape index (κ2) is 4.46. The first-order valence-corrected chi connectivity index (χ1v) is 6.08. The molecule has 0 saturated heterocycles. The molecule has 0 atom stereocenters. The lowest BCUT2D eigenvalue weighted by atomic mass is 9.78. The fourth-order valence-electron chi connectivity index (χ4n) is 1.99. The summed E-state index contributed by atoms with van der Waals surface area (Å²) < 4.78 is 0. The van der Waals surface area contributed by atoms with Crippen molar-refractivity contribution in [1.29, 1.82) is 5.26 Å². The summed E-state index contributed by atoms with van der Waals surface area (Å²) in [5.74, 6) is 0. The van der Waals surface area contributed by atoms with Gasteiger partial charge in [-0.25, -0.2) is 4.85 Å². The van der Waals surface area contributed by atoms with E-state index in [2.05, 4.69) is 52.5 Å². The number of rotatable bonds is 0. The van der Waals surface area contributed by atoms with Crippen LogP contribution in [0.15, 0.2) is 12.1 Å². The van der Waals surface area contributed by atoms with Crippen LogP contribution in [0, 0.1) is 17.9 Å². The Kier molecular flexibility index (Phi) is 3.54. The molecular weight excluding hydrogens is 220 g/mol. The SMILES string of the molecule is [C-]#[N+]c1cc(C#N)c(C(C)(C)C)cc1C(C)(C)C. The van der Waals surface area contributed by atoms with Gasteiger partial charge in [0.15, 0.2) is 5.69 Å². The van der Waals surface area contributed by atoms with Crippen molar-refractivity contribution >= 4 is 5.69 Å². The van der Waals surface area contributed by atoms with E-state index in [-0.39, 0.29) is 10.8 Å². The smallest absolute Gasteiger partial charge is 0.192 e. The first-order chi connectivity index (χ1) is 8.11. The van der Waals surface area contributed by atoms with Crippen LogP contribution < -0.4 is 0 Å². The maximum absolute atomic E-state index is 9.24. The van der Waals surface area contributed by atoms with Crippen LogP contribution in [-0.4, -0.2) is 0 Å². The van der Waals surface area contributed by atoms with Crippen LogP contribution in [0.25, 0.3) is 4.85 Å². The Morgan fingerprint density at radius 1 is 1.00 bits per heavy atom. The monoisotopic (exact) mass is 240 g/mol. The largest absolute Gasteiger partial charge is 0.238 e. The van der Waals surface area contributed by atoms with E-state index in [1.165, 1.54) is 0 Å². The summed E-state index contributed by atoms with van der Waals surface area (Å²) in [5.41, 5.74) is 3.05. The van der Waals surface area contributed by atoms with Gasteiger partial charge in [0.2, 0.25) is 0 Å². The van der Waals surface area contributed by atoms with E-state index in [1.54, 1.807) is 6.07 Å². The van der Waals surface area contributed by atoms with Gasteiger partial charge in [0.1, 0.15) is 0 Å². The highest BCUT2D eigenvalue weighted by atomic mass is 14.7. The van der Waals surface area contributed by atoms with Crippen LogP contribution in [0.5, 0.6) is 0 Å². The van der Waals surface area contributed by atoms with Gasteiger partial charge in [-0.2, -0.15) is 5.26 Å². The highest BCUT2D eigenvalue weighted by Crippen LogP contribution is 2.37. The standard InChI is InChI=1S/C16H20N2/c1-15(2,3)12-9-13(16(4,5)6)14(18-7)8-11(12)10-17/h8-9H,1-6H3. The van der Waals surface area contributed by atoms with Gasteiger partial charge in [0.25, 0.3) is 0 Å². The lowest BCUT2D eigenvalue weighted by molar-refractivity contribution is 0.569. The molecule has 0 spiro atoms. The van der Waals surface area contributed by atoms with E-state index in [4.69, 9.17) is 6.57 Å². The molecule has 0 fully saturated rings. The predicted octanol–water partition coefficient (Wildman–Crippen LogP) is 4.70. The van der Waals surface area contributed by atoms with Crippen LogP contribution in [0.2, 0.25) is 0 Å². The van der Waals surface area contributed by atoms with Gasteiger partial charge >= 0.3 is 0 Å². The third-order valence-electron chi connectivity index (χ3n) is 2.99. The van der Waals surface area contributed by atoms with Crippen molar-refractivity contribution in [3.63, 3.8) is 0 Å². The molecule has 0 aliphatic heterocycles. The number of nitriles is 1. The Balaban J connectivity index is 3.68. The molecule has 1 aromatic rings. The molecule has 2 heteroatoms. The number of hydrogen-bond acceptors (Lipinski definition) is 1. The molecular formula is C16H20N2. The van der Waals surface area contributed by atoms with Gasteiger partial charge in [-0.3, -0.25) is 0 Å². The van der Waals surface area contributed by atoms with Gasteiger partial charge < -0.3 is 0 Å². The van der Waals surface area contributed by atoms with E-state index in [9.17, 15) is 5.26 Å². The fraction of sp³-hybridized carbons (Fsp3) is 0.500. The Hall–Kier alpha value is -1.80. The summed E-state index contributed by atoms with van der Waals surface area (Å²) in [6, 6.07) is 5.98.